The molecule has 0 N–H and O–H groups in total. The molecule has 1 saturated heterocycles. The molecule has 6 heteroatoms. The number of methoxy groups -OCH3 is 1. The molecule has 0 amide bonds. The van der Waals surface area contributed by atoms with Crippen molar-refractivity contribution in [3.05, 3.63) is 48.5 Å². The summed E-state index contributed by atoms with van der Waals surface area (Å²) in [6.07, 6.45) is 0. The van der Waals surface area contributed by atoms with Crippen LogP contribution in [0.3, 0.4) is 0 Å². The van der Waals surface area contributed by atoms with E-state index in [1.807, 2.05) is 36.4 Å². The maximum Gasteiger partial charge on any atom is 0.124 e. The first-order valence-corrected chi connectivity index (χ1v) is 9.59. The number of rotatable bonds is 4. The number of hydrogen-bond acceptors (Lipinski definition) is 5. The minimum absolute atomic E-state index is 0.674. The molecule has 2 aromatic carbocycles. The highest BCUT2D eigenvalue weighted by Gasteiger charge is 2.26. The molecule has 0 bridgehead atoms. The van der Waals surface area contributed by atoms with Gasteiger partial charge in [-0.15, -0.1) is 0 Å². The Kier molecular flexibility index (Phi) is 4.55. The number of para-hydroxylation sites is 1. The van der Waals surface area contributed by atoms with Gasteiger partial charge < -0.3 is 9.64 Å². The van der Waals surface area contributed by atoms with Gasteiger partial charge in [-0.1, -0.05) is 18.2 Å². The van der Waals surface area contributed by atoms with Gasteiger partial charge in [-0.05, 0) is 24.3 Å². The van der Waals surface area contributed by atoms with Crippen molar-refractivity contribution in [3.63, 3.8) is 0 Å². The first-order valence-electron chi connectivity index (χ1n) is 8.44. The molecule has 130 valence electrons. The number of benzene rings is 2. The lowest BCUT2D eigenvalue weighted by atomic mass is 10.2. The van der Waals surface area contributed by atoms with Gasteiger partial charge in [-0.25, -0.2) is 9.20 Å². The highest BCUT2D eigenvalue weighted by atomic mass is 32.2. The van der Waals surface area contributed by atoms with Gasteiger partial charge in [0.05, 0.1) is 17.7 Å². The Morgan fingerprint density at radius 1 is 1.08 bits per heavy atom. The molecular weight excluding hydrogens is 334 g/mol. The summed E-state index contributed by atoms with van der Waals surface area (Å²) < 4.78 is 17.9. The molecule has 2 heterocycles. The fourth-order valence-electron chi connectivity index (χ4n) is 3.27. The van der Waals surface area contributed by atoms with E-state index < -0.39 is 10.8 Å². The van der Waals surface area contributed by atoms with E-state index in [2.05, 4.69) is 26.9 Å². The van der Waals surface area contributed by atoms with Gasteiger partial charge in [0, 0.05) is 44.5 Å². The molecule has 0 radical (unpaired) electrons. The molecule has 1 atom stereocenters. The summed E-state index contributed by atoms with van der Waals surface area (Å²) in [5.41, 5.74) is 2.04. The number of nitrogens with zero attached hydrogens (tertiary/aromatic N) is 3. The molecule has 2 aliphatic rings. The van der Waals surface area contributed by atoms with E-state index in [9.17, 15) is 4.21 Å². The normalized spacial score (nSPS) is 20.3. The zero-order chi connectivity index (χ0) is 17.2. The number of hydrogen-bond donors (Lipinski definition) is 0. The quantitative estimate of drug-likeness (QED) is 0.846. The Balaban J connectivity index is 1.38. The third-order valence-corrected chi connectivity index (χ3v) is 6.07. The van der Waals surface area contributed by atoms with E-state index in [4.69, 9.17) is 4.74 Å². The summed E-state index contributed by atoms with van der Waals surface area (Å²) in [4.78, 5) is 10.1. The summed E-state index contributed by atoms with van der Waals surface area (Å²) in [5.74, 6) is 0.883. The number of anilines is 1. The highest BCUT2D eigenvalue weighted by molar-refractivity contribution is 8.01. The van der Waals surface area contributed by atoms with Crippen LogP contribution >= 0.6 is 0 Å². The zero-order valence-electron chi connectivity index (χ0n) is 14.2. The van der Waals surface area contributed by atoms with E-state index in [0.717, 1.165) is 47.6 Å². The largest absolute Gasteiger partial charge is 0.497 e. The lowest BCUT2D eigenvalue weighted by molar-refractivity contribution is 0.293. The third-order valence-electron chi connectivity index (χ3n) is 4.67. The Labute approximate surface area is 150 Å². The van der Waals surface area contributed by atoms with Crippen LogP contribution in [0.4, 0.5) is 11.4 Å². The third kappa shape index (κ3) is 3.32. The second-order valence-electron chi connectivity index (χ2n) is 6.21. The monoisotopic (exact) mass is 355 g/mol. The molecule has 4 rings (SSSR count). The van der Waals surface area contributed by atoms with Gasteiger partial charge in [0.1, 0.15) is 21.6 Å². The SMILES string of the molecule is COc1cccc(N2CCN(CC3=Nc4ccccc4S3=O)CC2)c1. The molecule has 25 heavy (non-hydrogen) atoms. The molecule has 0 saturated carbocycles. The van der Waals surface area contributed by atoms with Crippen LogP contribution in [-0.2, 0) is 10.8 Å². The van der Waals surface area contributed by atoms with Gasteiger partial charge in [0.25, 0.3) is 0 Å². The van der Waals surface area contributed by atoms with Crippen molar-refractivity contribution in [2.45, 2.75) is 4.90 Å². The minimum atomic E-state index is -1.11. The van der Waals surface area contributed by atoms with E-state index >= 15 is 0 Å². The molecule has 0 aromatic heterocycles. The number of aliphatic imine (C=N–C) groups is 1. The maximum atomic E-state index is 12.6. The average molecular weight is 355 g/mol. The summed E-state index contributed by atoms with van der Waals surface area (Å²) in [5, 5.41) is 0.774. The van der Waals surface area contributed by atoms with Crippen LogP contribution in [0.2, 0.25) is 0 Å². The summed E-state index contributed by atoms with van der Waals surface area (Å²) >= 11 is 0. The fourth-order valence-corrected chi connectivity index (χ4v) is 4.51. The standard InChI is InChI=1S/C19H21N3O2S/c1-24-16-6-4-5-15(13-16)22-11-9-21(10-12-22)14-19-20-17-7-2-3-8-18(17)25(19)23/h2-8,13H,9-12,14H2,1H3. The summed E-state index contributed by atoms with van der Waals surface area (Å²) in [6, 6.07) is 15.9. The van der Waals surface area contributed by atoms with Crippen molar-refractivity contribution in [2.24, 2.45) is 4.99 Å². The van der Waals surface area contributed by atoms with Gasteiger partial charge in [0.15, 0.2) is 0 Å². The van der Waals surface area contributed by atoms with E-state index in [1.165, 1.54) is 5.69 Å². The molecule has 2 aliphatic heterocycles. The van der Waals surface area contributed by atoms with E-state index in [-0.39, 0.29) is 0 Å². The van der Waals surface area contributed by atoms with Crippen LogP contribution in [0.25, 0.3) is 0 Å². The first kappa shape index (κ1) is 16.3. The second kappa shape index (κ2) is 6.98. The van der Waals surface area contributed by atoms with Gasteiger partial charge in [-0.3, -0.25) is 4.90 Å². The Morgan fingerprint density at radius 3 is 2.64 bits per heavy atom. The molecule has 2 aromatic rings. The topological polar surface area (TPSA) is 45.1 Å². The van der Waals surface area contributed by atoms with Crippen LogP contribution in [-0.4, -0.2) is 54.0 Å². The molecule has 0 spiro atoms. The minimum Gasteiger partial charge on any atom is -0.497 e. The van der Waals surface area contributed by atoms with Gasteiger partial charge in [-0.2, -0.15) is 0 Å². The van der Waals surface area contributed by atoms with Crippen LogP contribution < -0.4 is 9.64 Å². The number of piperazine rings is 1. The van der Waals surface area contributed by atoms with E-state index in [1.54, 1.807) is 7.11 Å². The van der Waals surface area contributed by atoms with Gasteiger partial charge in [0.2, 0.25) is 0 Å². The van der Waals surface area contributed by atoms with Crippen molar-refractivity contribution in [3.8, 4) is 5.75 Å². The van der Waals surface area contributed by atoms with Crippen molar-refractivity contribution in [1.82, 2.24) is 4.90 Å². The second-order valence-corrected chi connectivity index (χ2v) is 7.66. The molecule has 1 fully saturated rings. The van der Waals surface area contributed by atoms with Crippen LogP contribution in [0.1, 0.15) is 0 Å². The fraction of sp³-hybridized carbons (Fsp3) is 0.316. The predicted molar refractivity (Wildman–Crippen MR) is 102 cm³/mol. The van der Waals surface area contributed by atoms with E-state index in [0.29, 0.717) is 6.54 Å². The molecule has 1 unspecified atom stereocenters. The molecule has 0 aliphatic carbocycles. The Morgan fingerprint density at radius 2 is 1.88 bits per heavy atom. The first-order chi connectivity index (χ1) is 12.2. The zero-order valence-corrected chi connectivity index (χ0v) is 15.0. The van der Waals surface area contributed by atoms with Gasteiger partial charge >= 0.3 is 0 Å². The summed E-state index contributed by atoms with van der Waals surface area (Å²) in [6.45, 7) is 4.43. The van der Waals surface area contributed by atoms with Crippen molar-refractivity contribution in [2.75, 3.05) is 44.7 Å². The molecule has 5 nitrogen and oxygen atoms in total. The number of fused-ring (bicyclic) bond motifs is 1. The van der Waals surface area contributed by atoms with Crippen molar-refractivity contribution >= 4 is 27.2 Å². The number of ether oxygens (including phenoxy) is 1. The maximum absolute atomic E-state index is 12.6. The van der Waals surface area contributed by atoms with Crippen LogP contribution in [0.15, 0.2) is 58.4 Å². The average Bonchev–Trinajstić information content (AvgIpc) is 2.98. The highest BCUT2D eigenvalue weighted by Crippen LogP contribution is 2.30. The van der Waals surface area contributed by atoms with Crippen LogP contribution in [0.5, 0.6) is 5.75 Å². The van der Waals surface area contributed by atoms with Crippen LogP contribution in [0, 0.1) is 0 Å². The predicted octanol–water partition coefficient (Wildman–Crippen LogP) is 2.67. The summed E-state index contributed by atoms with van der Waals surface area (Å²) in [7, 11) is 0.584. The smallest absolute Gasteiger partial charge is 0.124 e. The lowest BCUT2D eigenvalue weighted by Gasteiger charge is -2.36. The lowest BCUT2D eigenvalue weighted by Crippen LogP contribution is -2.48. The molecular formula is C19H21N3O2S. The Bertz CT molecular complexity index is 829. The van der Waals surface area contributed by atoms with Crippen molar-refractivity contribution < 1.29 is 8.95 Å². The Hall–Kier alpha value is -2.18. The van der Waals surface area contributed by atoms with Crippen molar-refractivity contribution in [1.29, 1.82) is 0 Å².